The summed E-state index contributed by atoms with van der Waals surface area (Å²) < 4.78 is 5.63. The van der Waals surface area contributed by atoms with Crippen molar-refractivity contribution in [1.29, 1.82) is 0 Å². The third-order valence-electron chi connectivity index (χ3n) is 3.90. The van der Waals surface area contributed by atoms with Crippen LogP contribution in [0.2, 0.25) is 0 Å². The van der Waals surface area contributed by atoms with Crippen LogP contribution in [0.4, 0.5) is 0 Å². The molecule has 3 aromatic carbocycles. The largest absolute Gasteiger partial charge is 0.483 e. The van der Waals surface area contributed by atoms with E-state index in [1.54, 1.807) is 6.21 Å². The monoisotopic (exact) mass is 332 g/mol. The number of hydrogen-bond acceptors (Lipinski definition) is 3. The SMILES string of the molecule is CCc1ccc(/C=N\NC(=O)COc2cccc3ccccc23)cc1. The molecule has 0 heterocycles. The number of rotatable bonds is 6. The molecule has 4 heteroatoms. The minimum atomic E-state index is -0.297. The smallest absolute Gasteiger partial charge is 0.277 e. The van der Waals surface area contributed by atoms with Crippen LogP contribution in [0.5, 0.6) is 5.75 Å². The van der Waals surface area contributed by atoms with Gasteiger partial charge in [0.05, 0.1) is 6.21 Å². The molecule has 0 radical (unpaired) electrons. The molecule has 0 aliphatic rings. The Balaban J connectivity index is 1.54. The number of carbonyl (C=O) groups excluding carboxylic acids is 1. The maximum atomic E-state index is 11.9. The lowest BCUT2D eigenvalue weighted by molar-refractivity contribution is -0.123. The Labute approximate surface area is 147 Å². The Morgan fingerprint density at radius 2 is 1.80 bits per heavy atom. The summed E-state index contributed by atoms with van der Waals surface area (Å²) in [5.74, 6) is 0.391. The highest BCUT2D eigenvalue weighted by molar-refractivity contribution is 5.89. The molecule has 1 amide bonds. The predicted molar refractivity (Wildman–Crippen MR) is 101 cm³/mol. The van der Waals surface area contributed by atoms with Crippen molar-refractivity contribution in [3.8, 4) is 5.75 Å². The van der Waals surface area contributed by atoms with E-state index >= 15 is 0 Å². The maximum Gasteiger partial charge on any atom is 0.277 e. The van der Waals surface area contributed by atoms with Gasteiger partial charge in [0.25, 0.3) is 5.91 Å². The van der Waals surface area contributed by atoms with Crippen LogP contribution in [0.25, 0.3) is 10.8 Å². The lowest BCUT2D eigenvalue weighted by Gasteiger charge is -2.08. The second kappa shape index (κ2) is 8.11. The van der Waals surface area contributed by atoms with Gasteiger partial charge in [0, 0.05) is 5.39 Å². The van der Waals surface area contributed by atoms with E-state index in [0.29, 0.717) is 5.75 Å². The third-order valence-corrected chi connectivity index (χ3v) is 3.90. The molecule has 1 N–H and O–H groups in total. The van der Waals surface area contributed by atoms with E-state index in [1.165, 1.54) is 5.56 Å². The Morgan fingerprint density at radius 1 is 1.04 bits per heavy atom. The molecule has 0 aliphatic heterocycles. The van der Waals surface area contributed by atoms with Gasteiger partial charge in [0.15, 0.2) is 6.61 Å². The van der Waals surface area contributed by atoms with Gasteiger partial charge in [-0.25, -0.2) is 5.43 Å². The predicted octanol–water partition coefficient (Wildman–Crippen LogP) is 3.93. The fourth-order valence-corrected chi connectivity index (χ4v) is 2.52. The Kier molecular flexibility index (Phi) is 5.42. The van der Waals surface area contributed by atoms with Crippen LogP contribution in [-0.4, -0.2) is 18.7 Å². The van der Waals surface area contributed by atoms with Crippen molar-refractivity contribution < 1.29 is 9.53 Å². The molecule has 0 bridgehead atoms. The number of nitrogens with one attached hydrogen (secondary N) is 1. The number of aryl methyl sites for hydroxylation is 1. The van der Waals surface area contributed by atoms with Crippen molar-refractivity contribution in [3.05, 3.63) is 77.9 Å². The number of hydrogen-bond donors (Lipinski definition) is 1. The van der Waals surface area contributed by atoms with Crippen molar-refractivity contribution in [2.45, 2.75) is 13.3 Å². The summed E-state index contributed by atoms with van der Waals surface area (Å²) >= 11 is 0. The second-order valence-corrected chi connectivity index (χ2v) is 5.65. The molecule has 0 unspecified atom stereocenters. The topological polar surface area (TPSA) is 50.7 Å². The van der Waals surface area contributed by atoms with Gasteiger partial charge < -0.3 is 4.74 Å². The molecule has 0 fully saturated rings. The van der Waals surface area contributed by atoms with Crippen LogP contribution in [0.15, 0.2) is 71.8 Å². The molecule has 25 heavy (non-hydrogen) atoms. The quantitative estimate of drug-likeness (QED) is 0.549. The van der Waals surface area contributed by atoms with E-state index in [9.17, 15) is 4.79 Å². The molecule has 0 saturated carbocycles. The van der Waals surface area contributed by atoms with Gasteiger partial charge in [-0.3, -0.25) is 4.79 Å². The number of carbonyl (C=O) groups is 1. The van der Waals surface area contributed by atoms with Crippen molar-refractivity contribution in [3.63, 3.8) is 0 Å². The van der Waals surface area contributed by atoms with Gasteiger partial charge in [-0.2, -0.15) is 5.10 Å². The van der Waals surface area contributed by atoms with Crippen LogP contribution < -0.4 is 10.2 Å². The van der Waals surface area contributed by atoms with E-state index in [1.807, 2.05) is 66.7 Å². The standard InChI is InChI=1S/C21H20N2O2/c1-2-16-10-12-17(13-11-16)14-22-23-21(24)15-25-20-9-5-7-18-6-3-4-8-19(18)20/h3-14H,2,15H2,1H3,(H,23,24)/b22-14-. The van der Waals surface area contributed by atoms with E-state index in [4.69, 9.17) is 4.74 Å². The Hall–Kier alpha value is -3.14. The summed E-state index contributed by atoms with van der Waals surface area (Å²) in [5.41, 5.74) is 4.69. The van der Waals surface area contributed by atoms with Crippen LogP contribution in [0.3, 0.4) is 0 Å². The fraction of sp³-hybridized carbons (Fsp3) is 0.143. The lowest BCUT2D eigenvalue weighted by atomic mass is 10.1. The van der Waals surface area contributed by atoms with E-state index in [0.717, 1.165) is 22.8 Å². The molecule has 3 rings (SSSR count). The Bertz CT molecular complexity index is 881. The fourth-order valence-electron chi connectivity index (χ4n) is 2.52. The van der Waals surface area contributed by atoms with Crippen LogP contribution in [0, 0.1) is 0 Å². The average Bonchev–Trinajstić information content (AvgIpc) is 2.67. The maximum absolute atomic E-state index is 11.9. The zero-order valence-corrected chi connectivity index (χ0v) is 14.1. The minimum absolute atomic E-state index is 0.0832. The van der Waals surface area contributed by atoms with E-state index in [2.05, 4.69) is 17.5 Å². The first-order valence-electron chi connectivity index (χ1n) is 8.27. The van der Waals surface area contributed by atoms with Crippen molar-refractivity contribution in [1.82, 2.24) is 5.43 Å². The second-order valence-electron chi connectivity index (χ2n) is 5.65. The summed E-state index contributed by atoms with van der Waals surface area (Å²) in [6.07, 6.45) is 2.62. The summed E-state index contributed by atoms with van der Waals surface area (Å²) in [6.45, 7) is 2.03. The molecule has 0 aliphatic carbocycles. The highest BCUT2D eigenvalue weighted by Gasteiger charge is 2.04. The number of benzene rings is 3. The first kappa shape index (κ1) is 16.7. The Morgan fingerprint density at radius 3 is 2.60 bits per heavy atom. The van der Waals surface area contributed by atoms with Gasteiger partial charge in [0.2, 0.25) is 0 Å². The van der Waals surface area contributed by atoms with E-state index < -0.39 is 0 Å². The number of ether oxygens (including phenoxy) is 1. The normalized spacial score (nSPS) is 10.9. The molecule has 0 atom stereocenters. The van der Waals surface area contributed by atoms with Crippen molar-refractivity contribution >= 4 is 22.9 Å². The molecule has 3 aromatic rings. The van der Waals surface area contributed by atoms with Gasteiger partial charge >= 0.3 is 0 Å². The zero-order valence-electron chi connectivity index (χ0n) is 14.1. The third kappa shape index (κ3) is 4.44. The van der Waals surface area contributed by atoms with Gasteiger partial charge in [-0.15, -0.1) is 0 Å². The summed E-state index contributed by atoms with van der Waals surface area (Å²) in [6, 6.07) is 21.7. The lowest BCUT2D eigenvalue weighted by Crippen LogP contribution is -2.24. The molecule has 0 saturated heterocycles. The molecular formula is C21H20N2O2. The average molecular weight is 332 g/mol. The number of hydrazone groups is 1. The number of amides is 1. The molecule has 0 spiro atoms. The van der Waals surface area contributed by atoms with Crippen LogP contribution >= 0.6 is 0 Å². The molecule has 0 aromatic heterocycles. The highest BCUT2D eigenvalue weighted by atomic mass is 16.5. The zero-order chi connectivity index (χ0) is 17.5. The number of nitrogens with zero attached hydrogens (tertiary/aromatic N) is 1. The summed E-state index contributed by atoms with van der Waals surface area (Å²) in [4.78, 5) is 11.9. The van der Waals surface area contributed by atoms with Crippen molar-refractivity contribution in [2.75, 3.05) is 6.61 Å². The van der Waals surface area contributed by atoms with Gasteiger partial charge in [-0.05, 0) is 29.0 Å². The molecule has 4 nitrogen and oxygen atoms in total. The molecule has 126 valence electrons. The van der Waals surface area contributed by atoms with Crippen LogP contribution in [-0.2, 0) is 11.2 Å². The minimum Gasteiger partial charge on any atom is -0.483 e. The first-order valence-corrected chi connectivity index (χ1v) is 8.27. The highest BCUT2D eigenvalue weighted by Crippen LogP contribution is 2.24. The number of fused-ring (bicyclic) bond motifs is 1. The summed E-state index contributed by atoms with van der Waals surface area (Å²) in [5, 5.41) is 6.03. The van der Waals surface area contributed by atoms with Crippen molar-refractivity contribution in [2.24, 2.45) is 5.10 Å². The first-order chi connectivity index (χ1) is 12.3. The molecular weight excluding hydrogens is 312 g/mol. The summed E-state index contributed by atoms with van der Waals surface area (Å²) in [7, 11) is 0. The van der Waals surface area contributed by atoms with Gasteiger partial charge in [-0.1, -0.05) is 67.6 Å². The van der Waals surface area contributed by atoms with Gasteiger partial charge in [0.1, 0.15) is 5.75 Å². The van der Waals surface area contributed by atoms with E-state index in [-0.39, 0.29) is 12.5 Å². The van der Waals surface area contributed by atoms with Crippen LogP contribution in [0.1, 0.15) is 18.1 Å².